The lowest BCUT2D eigenvalue weighted by atomic mass is 10.1. The number of rotatable bonds is 5. The van der Waals surface area contributed by atoms with Crippen LogP contribution in [-0.2, 0) is 11.3 Å². The van der Waals surface area contributed by atoms with Crippen LogP contribution < -0.4 is 26.8 Å². The minimum Gasteiger partial charge on any atom is -0.383 e. The molecule has 0 aliphatic carbocycles. The molecular formula is C24H25N5O4. The van der Waals surface area contributed by atoms with E-state index >= 15 is 0 Å². The molecule has 2 aromatic carbocycles. The molecule has 0 atom stereocenters. The number of anilines is 3. The lowest BCUT2D eigenvalue weighted by molar-refractivity contribution is -0.119. The van der Waals surface area contributed by atoms with Crippen molar-refractivity contribution in [2.75, 3.05) is 29.1 Å². The third-order valence-corrected chi connectivity index (χ3v) is 5.79. The first-order valence-corrected chi connectivity index (χ1v) is 10.7. The normalized spacial score (nSPS) is 13.7. The quantitative estimate of drug-likeness (QED) is 0.619. The molecule has 1 fully saturated rings. The summed E-state index contributed by atoms with van der Waals surface area (Å²) in [7, 11) is 1.43. The number of carbonyl (C=O) groups is 2. The molecule has 0 radical (unpaired) electrons. The summed E-state index contributed by atoms with van der Waals surface area (Å²) in [5, 5.41) is 0. The van der Waals surface area contributed by atoms with Crippen LogP contribution in [0.5, 0.6) is 0 Å². The molecule has 3 aromatic rings. The molecule has 1 aromatic heterocycles. The number of nitrogens with one attached hydrogen (secondary N) is 1. The van der Waals surface area contributed by atoms with Crippen LogP contribution >= 0.6 is 0 Å². The lowest BCUT2D eigenvalue weighted by Crippen LogP contribution is -2.39. The minimum atomic E-state index is -0.742. The molecule has 0 saturated carbocycles. The van der Waals surface area contributed by atoms with Gasteiger partial charge in [-0.25, -0.2) is 4.79 Å². The molecule has 1 aliphatic rings. The Hall–Kier alpha value is -4.14. The maximum absolute atomic E-state index is 13.1. The van der Waals surface area contributed by atoms with Crippen molar-refractivity contribution in [1.29, 1.82) is 0 Å². The monoisotopic (exact) mass is 447 g/mol. The smallest absolute Gasteiger partial charge is 0.330 e. The molecule has 3 N–H and O–H groups in total. The van der Waals surface area contributed by atoms with Gasteiger partial charge in [-0.3, -0.25) is 23.9 Å². The van der Waals surface area contributed by atoms with Gasteiger partial charge in [0.15, 0.2) is 5.69 Å². The molecule has 9 nitrogen and oxygen atoms in total. The van der Waals surface area contributed by atoms with Crippen LogP contribution in [0.1, 0.15) is 35.2 Å². The lowest BCUT2D eigenvalue weighted by Gasteiger charge is -2.27. The van der Waals surface area contributed by atoms with E-state index in [0.717, 1.165) is 29.0 Å². The number of nitrogens with zero attached hydrogens (tertiary/aromatic N) is 3. The Morgan fingerprint density at radius 1 is 1.03 bits per heavy atom. The maximum Gasteiger partial charge on any atom is 0.330 e. The third kappa shape index (κ3) is 4.43. The Morgan fingerprint density at radius 3 is 2.39 bits per heavy atom. The van der Waals surface area contributed by atoms with Gasteiger partial charge in [-0.05, 0) is 42.7 Å². The summed E-state index contributed by atoms with van der Waals surface area (Å²) in [6.07, 6.45) is 2.35. The summed E-state index contributed by atoms with van der Waals surface area (Å²) in [5.74, 6) is -0.495. The van der Waals surface area contributed by atoms with E-state index < -0.39 is 17.2 Å². The fraction of sp³-hybridized carbons (Fsp3) is 0.250. The molecular weight excluding hydrogens is 422 g/mol. The zero-order valence-corrected chi connectivity index (χ0v) is 18.3. The van der Waals surface area contributed by atoms with Crippen molar-refractivity contribution in [3.8, 4) is 0 Å². The summed E-state index contributed by atoms with van der Waals surface area (Å²) in [5.41, 5.74) is 6.57. The Labute approximate surface area is 190 Å². The highest BCUT2D eigenvalue weighted by molar-refractivity contribution is 6.07. The number of hydrogen-bond donors (Lipinski definition) is 2. The first-order chi connectivity index (χ1) is 15.9. The van der Waals surface area contributed by atoms with E-state index in [9.17, 15) is 19.2 Å². The van der Waals surface area contributed by atoms with Crippen LogP contribution in [0.4, 0.5) is 17.2 Å². The molecule has 1 saturated heterocycles. The number of piperidine rings is 1. The van der Waals surface area contributed by atoms with Crippen molar-refractivity contribution in [3.63, 3.8) is 0 Å². The number of amides is 2. The summed E-state index contributed by atoms with van der Waals surface area (Å²) in [6, 6.07) is 15.8. The van der Waals surface area contributed by atoms with Gasteiger partial charge in [-0.15, -0.1) is 0 Å². The maximum atomic E-state index is 13.1. The number of hydrogen-bond acceptors (Lipinski definition) is 5. The molecule has 170 valence electrons. The van der Waals surface area contributed by atoms with Crippen LogP contribution in [0.2, 0.25) is 0 Å². The minimum absolute atomic E-state index is 0.0671. The van der Waals surface area contributed by atoms with E-state index in [1.54, 1.807) is 29.2 Å². The second-order valence-corrected chi connectivity index (χ2v) is 7.98. The number of nitrogen functional groups attached to an aromatic ring is 1. The van der Waals surface area contributed by atoms with E-state index in [1.165, 1.54) is 11.6 Å². The van der Waals surface area contributed by atoms with E-state index in [2.05, 4.69) is 4.98 Å². The topological polar surface area (TPSA) is 121 Å². The van der Waals surface area contributed by atoms with Crippen molar-refractivity contribution in [1.82, 2.24) is 9.55 Å². The zero-order chi connectivity index (χ0) is 23.5. The Bertz CT molecular complexity index is 1300. The van der Waals surface area contributed by atoms with Crippen molar-refractivity contribution in [3.05, 3.63) is 86.6 Å². The van der Waals surface area contributed by atoms with Gasteiger partial charge < -0.3 is 15.5 Å². The van der Waals surface area contributed by atoms with Crippen molar-refractivity contribution in [2.24, 2.45) is 0 Å². The highest BCUT2D eigenvalue weighted by Crippen LogP contribution is 2.23. The van der Waals surface area contributed by atoms with Gasteiger partial charge in [-0.2, -0.15) is 0 Å². The number of aromatic amines is 1. The average Bonchev–Trinajstić information content (AvgIpc) is 2.82. The average molecular weight is 447 g/mol. The number of carbonyl (C=O) groups excluding carboxylic acids is 2. The summed E-state index contributed by atoms with van der Waals surface area (Å²) < 4.78 is 1.22. The predicted octanol–water partition coefficient (Wildman–Crippen LogP) is 1.96. The summed E-state index contributed by atoms with van der Waals surface area (Å²) in [6.45, 7) is 0.802. The molecule has 4 rings (SSSR count). The molecule has 0 unspecified atom stereocenters. The SMILES string of the molecule is CN(C(=O)c1ccc(N2CCCCC2=O)cc1)c1c(N)n(Cc2ccccc2)c(=O)[nH]c1=O. The van der Waals surface area contributed by atoms with Gasteiger partial charge >= 0.3 is 5.69 Å². The Morgan fingerprint density at radius 2 is 1.73 bits per heavy atom. The first kappa shape index (κ1) is 22.1. The van der Waals surface area contributed by atoms with E-state index in [0.29, 0.717) is 18.5 Å². The van der Waals surface area contributed by atoms with E-state index in [1.807, 2.05) is 30.3 Å². The van der Waals surface area contributed by atoms with Gasteiger partial charge in [-0.1, -0.05) is 30.3 Å². The number of aromatic nitrogens is 2. The van der Waals surface area contributed by atoms with Crippen LogP contribution in [0.25, 0.3) is 0 Å². The fourth-order valence-electron chi connectivity index (χ4n) is 3.98. The highest BCUT2D eigenvalue weighted by Gasteiger charge is 2.23. The van der Waals surface area contributed by atoms with Crippen LogP contribution in [0, 0.1) is 0 Å². The van der Waals surface area contributed by atoms with Crippen molar-refractivity contribution < 1.29 is 9.59 Å². The summed E-state index contributed by atoms with van der Waals surface area (Å²) in [4.78, 5) is 55.3. The molecule has 33 heavy (non-hydrogen) atoms. The number of nitrogens with two attached hydrogens (primary N) is 1. The fourth-order valence-corrected chi connectivity index (χ4v) is 3.98. The molecule has 9 heteroatoms. The molecule has 1 aliphatic heterocycles. The first-order valence-electron chi connectivity index (χ1n) is 10.7. The molecule has 2 heterocycles. The van der Waals surface area contributed by atoms with Gasteiger partial charge in [0.25, 0.3) is 11.5 Å². The van der Waals surface area contributed by atoms with Crippen LogP contribution in [-0.4, -0.2) is 35.0 Å². The zero-order valence-electron chi connectivity index (χ0n) is 18.3. The van der Waals surface area contributed by atoms with Gasteiger partial charge in [0.1, 0.15) is 5.82 Å². The van der Waals surface area contributed by atoms with E-state index in [4.69, 9.17) is 5.73 Å². The number of H-pyrrole nitrogens is 1. The molecule has 0 spiro atoms. The van der Waals surface area contributed by atoms with Gasteiger partial charge in [0.05, 0.1) is 6.54 Å². The molecule has 2 amide bonds. The van der Waals surface area contributed by atoms with Crippen molar-refractivity contribution >= 4 is 29.0 Å². The largest absolute Gasteiger partial charge is 0.383 e. The van der Waals surface area contributed by atoms with Crippen LogP contribution in [0.3, 0.4) is 0 Å². The van der Waals surface area contributed by atoms with Crippen LogP contribution in [0.15, 0.2) is 64.2 Å². The van der Waals surface area contributed by atoms with Crippen molar-refractivity contribution in [2.45, 2.75) is 25.8 Å². The second kappa shape index (κ2) is 9.15. The summed E-state index contributed by atoms with van der Waals surface area (Å²) >= 11 is 0. The predicted molar refractivity (Wildman–Crippen MR) is 127 cm³/mol. The second-order valence-electron chi connectivity index (χ2n) is 7.98. The Balaban J connectivity index is 1.62. The third-order valence-electron chi connectivity index (χ3n) is 5.79. The molecule has 0 bridgehead atoms. The highest BCUT2D eigenvalue weighted by atomic mass is 16.2. The standard InChI is InChI=1S/C24H25N5O4/c1-27(23(32)17-10-12-18(13-11-17)28-14-6-5-9-19(28)30)20-21(25)29(24(33)26-22(20)31)15-16-7-3-2-4-8-16/h2-4,7-8,10-13H,5-6,9,14-15,25H2,1H3,(H,26,31,33). The Kier molecular flexibility index (Phi) is 6.12. The van der Waals surface area contributed by atoms with Gasteiger partial charge in [0, 0.05) is 31.3 Å². The van der Waals surface area contributed by atoms with Gasteiger partial charge in [0.2, 0.25) is 5.91 Å². The van der Waals surface area contributed by atoms with E-state index in [-0.39, 0.29) is 24.0 Å². The number of benzene rings is 2.